The average molecular weight is 306 g/mol. The maximum atomic E-state index is 5.91. The molecule has 0 bridgehead atoms. The molecule has 0 aliphatic heterocycles. The van der Waals surface area contributed by atoms with Crippen LogP contribution < -0.4 is 15.2 Å². The van der Waals surface area contributed by atoms with Gasteiger partial charge in [0.1, 0.15) is 11.6 Å². The van der Waals surface area contributed by atoms with Crippen molar-refractivity contribution < 1.29 is 9.47 Å². The minimum absolute atomic E-state index is 0.0571. The van der Waals surface area contributed by atoms with Gasteiger partial charge in [0.15, 0.2) is 11.5 Å². The van der Waals surface area contributed by atoms with Crippen molar-refractivity contribution in [3.8, 4) is 11.5 Å². The van der Waals surface area contributed by atoms with Crippen molar-refractivity contribution >= 4 is 11.3 Å². The molecule has 5 heteroatoms. The molecule has 2 N–H and O–H groups in total. The Kier molecular flexibility index (Phi) is 4.85. The van der Waals surface area contributed by atoms with E-state index in [9.17, 15) is 0 Å². The number of ether oxygens (including phenoxy) is 2. The molecule has 4 nitrogen and oxygen atoms in total. The Morgan fingerprint density at radius 1 is 1.29 bits per heavy atom. The molecule has 1 aromatic heterocycles. The number of nitrogens with zero attached hydrogens (tertiary/aromatic N) is 1. The number of para-hydroxylation sites is 1. The molecule has 0 spiro atoms. The lowest BCUT2D eigenvalue weighted by atomic mass is 9.93. The Bertz CT molecular complexity index is 580. The van der Waals surface area contributed by atoms with Crippen LogP contribution in [0, 0.1) is 0 Å². The highest BCUT2D eigenvalue weighted by atomic mass is 32.1. The number of rotatable bonds is 5. The van der Waals surface area contributed by atoms with Gasteiger partial charge in [0, 0.05) is 22.9 Å². The summed E-state index contributed by atoms with van der Waals surface area (Å²) in [5.74, 6) is 1.40. The predicted molar refractivity (Wildman–Crippen MR) is 86.0 cm³/mol. The zero-order chi connectivity index (χ0) is 15.5. The van der Waals surface area contributed by atoms with Gasteiger partial charge < -0.3 is 15.2 Å². The molecular weight excluding hydrogens is 284 g/mol. The van der Waals surface area contributed by atoms with Gasteiger partial charge in [-0.2, -0.15) is 0 Å². The van der Waals surface area contributed by atoms with E-state index in [1.807, 2.05) is 18.2 Å². The molecule has 0 aliphatic rings. The van der Waals surface area contributed by atoms with Crippen LogP contribution in [0.3, 0.4) is 0 Å². The average Bonchev–Trinajstić information content (AvgIpc) is 2.93. The Morgan fingerprint density at radius 3 is 2.62 bits per heavy atom. The van der Waals surface area contributed by atoms with Crippen molar-refractivity contribution in [3.63, 3.8) is 0 Å². The molecule has 1 aromatic carbocycles. The van der Waals surface area contributed by atoms with Crippen molar-refractivity contribution in [2.45, 2.75) is 39.3 Å². The van der Waals surface area contributed by atoms with Crippen LogP contribution in [0.25, 0.3) is 0 Å². The van der Waals surface area contributed by atoms with Gasteiger partial charge in [0.05, 0.1) is 12.8 Å². The van der Waals surface area contributed by atoms with Gasteiger partial charge in [-0.3, -0.25) is 0 Å². The maximum Gasteiger partial charge on any atom is 0.166 e. The van der Waals surface area contributed by atoms with E-state index in [2.05, 4.69) is 31.1 Å². The summed E-state index contributed by atoms with van der Waals surface area (Å²) in [6.45, 7) is 7.30. The first-order valence-electron chi connectivity index (χ1n) is 6.89. The van der Waals surface area contributed by atoms with E-state index < -0.39 is 0 Å². The van der Waals surface area contributed by atoms with E-state index in [0.29, 0.717) is 24.7 Å². The summed E-state index contributed by atoms with van der Waals surface area (Å²) in [6.07, 6.45) is 0. The highest BCUT2D eigenvalue weighted by Gasteiger charge is 2.18. The molecule has 2 aromatic rings. The van der Waals surface area contributed by atoms with Crippen LogP contribution in [0.15, 0.2) is 23.6 Å². The van der Waals surface area contributed by atoms with Gasteiger partial charge in [-0.05, 0) is 6.07 Å². The lowest BCUT2D eigenvalue weighted by Gasteiger charge is -2.15. The first-order valence-corrected chi connectivity index (χ1v) is 7.77. The third-order valence-corrected chi connectivity index (χ3v) is 3.98. The molecule has 0 radical (unpaired) electrons. The standard InChI is InChI=1S/C16H22N2O2S/c1-16(2,3)13-10-21-14(18-13)9-20-15-11(8-17)6-5-7-12(15)19-4/h5-7,10H,8-9,17H2,1-4H3. The van der Waals surface area contributed by atoms with Gasteiger partial charge in [-0.1, -0.05) is 32.9 Å². The fourth-order valence-electron chi connectivity index (χ4n) is 1.90. The lowest BCUT2D eigenvalue weighted by Crippen LogP contribution is -2.11. The molecule has 0 atom stereocenters. The predicted octanol–water partition coefficient (Wildman–Crippen LogP) is 3.49. The van der Waals surface area contributed by atoms with Crippen molar-refractivity contribution in [1.82, 2.24) is 4.98 Å². The van der Waals surface area contributed by atoms with E-state index in [1.54, 1.807) is 18.4 Å². The molecule has 0 saturated carbocycles. The number of nitrogens with two attached hydrogens (primary N) is 1. The minimum atomic E-state index is 0.0571. The van der Waals surface area contributed by atoms with Crippen LogP contribution >= 0.6 is 11.3 Å². The van der Waals surface area contributed by atoms with Crippen LogP contribution in [-0.4, -0.2) is 12.1 Å². The summed E-state index contributed by atoms with van der Waals surface area (Å²) in [6, 6.07) is 5.73. The van der Waals surface area contributed by atoms with Crippen molar-refractivity contribution in [3.05, 3.63) is 39.8 Å². The van der Waals surface area contributed by atoms with Gasteiger partial charge in [0.25, 0.3) is 0 Å². The van der Waals surface area contributed by atoms with Crippen molar-refractivity contribution in [2.75, 3.05) is 7.11 Å². The molecule has 0 unspecified atom stereocenters. The molecule has 0 fully saturated rings. The van der Waals surface area contributed by atoms with E-state index in [4.69, 9.17) is 15.2 Å². The SMILES string of the molecule is COc1cccc(CN)c1OCc1nc(C(C)(C)C)cs1. The molecular formula is C16H22N2O2S. The summed E-state index contributed by atoms with van der Waals surface area (Å²) in [7, 11) is 1.63. The number of hydrogen-bond acceptors (Lipinski definition) is 5. The Hall–Kier alpha value is -1.59. The minimum Gasteiger partial charge on any atom is -0.493 e. The van der Waals surface area contributed by atoms with Crippen molar-refractivity contribution in [2.24, 2.45) is 5.73 Å². The number of hydrogen-bond donors (Lipinski definition) is 1. The monoisotopic (exact) mass is 306 g/mol. The first-order chi connectivity index (χ1) is 9.95. The Morgan fingerprint density at radius 2 is 2.05 bits per heavy atom. The zero-order valence-electron chi connectivity index (χ0n) is 13.0. The molecule has 0 amide bonds. The second kappa shape index (κ2) is 6.45. The van der Waals surface area contributed by atoms with Gasteiger partial charge in [-0.25, -0.2) is 4.98 Å². The number of methoxy groups -OCH3 is 1. The summed E-state index contributed by atoms with van der Waals surface area (Å²) in [5.41, 5.74) is 7.83. The molecule has 21 heavy (non-hydrogen) atoms. The normalized spacial score (nSPS) is 11.5. The van der Waals surface area contributed by atoms with Gasteiger partial charge >= 0.3 is 0 Å². The summed E-state index contributed by atoms with van der Waals surface area (Å²) in [4.78, 5) is 4.63. The van der Waals surface area contributed by atoms with Crippen LogP contribution in [0.2, 0.25) is 0 Å². The largest absolute Gasteiger partial charge is 0.493 e. The molecule has 2 rings (SSSR count). The van der Waals surface area contributed by atoms with Gasteiger partial charge in [0.2, 0.25) is 0 Å². The van der Waals surface area contributed by atoms with E-state index in [0.717, 1.165) is 16.3 Å². The van der Waals surface area contributed by atoms with Crippen LogP contribution in [0.5, 0.6) is 11.5 Å². The van der Waals surface area contributed by atoms with Crippen molar-refractivity contribution in [1.29, 1.82) is 0 Å². The smallest absolute Gasteiger partial charge is 0.166 e. The van der Waals surface area contributed by atoms with E-state index in [-0.39, 0.29) is 5.41 Å². The highest BCUT2D eigenvalue weighted by Crippen LogP contribution is 2.32. The van der Waals surface area contributed by atoms with Gasteiger partial charge in [-0.15, -0.1) is 11.3 Å². The van der Waals surface area contributed by atoms with Crippen LogP contribution in [0.4, 0.5) is 0 Å². The Balaban J connectivity index is 2.15. The lowest BCUT2D eigenvalue weighted by molar-refractivity contribution is 0.280. The zero-order valence-corrected chi connectivity index (χ0v) is 13.8. The molecule has 0 aliphatic carbocycles. The maximum absolute atomic E-state index is 5.91. The highest BCUT2D eigenvalue weighted by molar-refractivity contribution is 7.09. The van der Waals surface area contributed by atoms with Crippen LogP contribution in [-0.2, 0) is 18.6 Å². The third-order valence-electron chi connectivity index (χ3n) is 3.16. The third kappa shape index (κ3) is 3.74. The summed E-state index contributed by atoms with van der Waals surface area (Å²) < 4.78 is 11.2. The van der Waals surface area contributed by atoms with E-state index >= 15 is 0 Å². The number of benzene rings is 1. The number of thiazole rings is 1. The first kappa shape index (κ1) is 15.8. The molecule has 0 saturated heterocycles. The fourth-order valence-corrected chi connectivity index (χ4v) is 2.83. The second-order valence-corrected chi connectivity index (χ2v) is 6.76. The topological polar surface area (TPSA) is 57.4 Å². The fraction of sp³-hybridized carbons (Fsp3) is 0.438. The quantitative estimate of drug-likeness (QED) is 0.918. The van der Waals surface area contributed by atoms with E-state index in [1.165, 1.54) is 0 Å². The second-order valence-electron chi connectivity index (χ2n) is 5.82. The summed E-state index contributed by atoms with van der Waals surface area (Å²) >= 11 is 1.61. The Labute approximate surface area is 129 Å². The molecule has 114 valence electrons. The number of aromatic nitrogens is 1. The van der Waals surface area contributed by atoms with Crippen LogP contribution in [0.1, 0.15) is 37.0 Å². The summed E-state index contributed by atoms with van der Waals surface area (Å²) in [5, 5.41) is 3.04. The molecule has 1 heterocycles.